The van der Waals surface area contributed by atoms with E-state index in [1.54, 1.807) is 36.4 Å². The normalized spacial score (nSPS) is 13.2. The van der Waals surface area contributed by atoms with E-state index >= 15 is 0 Å². The minimum absolute atomic E-state index is 0.227. The van der Waals surface area contributed by atoms with Gasteiger partial charge in [-0.2, -0.15) is 0 Å². The van der Waals surface area contributed by atoms with Crippen molar-refractivity contribution in [2.45, 2.75) is 10.1 Å². The van der Waals surface area contributed by atoms with Crippen LogP contribution < -0.4 is 5.73 Å². The summed E-state index contributed by atoms with van der Waals surface area (Å²) in [6.45, 7) is 0.227. The Balaban J connectivity index is 2.47. The van der Waals surface area contributed by atoms with Crippen LogP contribution >= 0.6 is 23.2 Å². The molecule has 0 radical (unpaired) electrons. The number of rotatable bonds is 4. The molecule has 2 aromatic rings. The third kappa shape index (κ3) is 3.15. The summed E-state index contributed by atoms with van der Waals surface area (Å²) < 4.78 is 25.3. The minimum Gasteiger partial charge on any atom is -0.356 e. The SMILES string of the molecule is [NH3+]C[C@@H](c1cccc(Cl)c1)S(=O)(=O)c1ccc(Cl)cc1. The van der Waals surface area contributed by atoms with Gasteiger partial charge in [-0.05, 0) is 42.0 Å². The van der Waals surface area contributed by atoms with E-state index in [-0.39, 0.29) is 11.4 Å². The number of hydrogen-bond acceptors (Lipinski definition) is 2. The lowest BCUT2D eigenvalue weighted by molar-refractivity contribution is -0.367. The van der Waals surface area contributed by atoms with Gasteiger partial charge >= 0.3 is 0 Å². The van der Waals surface area contributed by atoms with Gasteiger partial charge in [0.2, 0.25) is 0 Å². The summed E-state index contributed by atoms with van der Waals surface area (Å²) in [6.07, 6.45) is 0. The zero-order valence-corrected chi connectivity index (χ0v) is 12.9. The first-order valence-electron chi connectivity index (χ1n) is 5.99. The Morgan fingerprint density at radius 1 is 1.00 bits per heavy atom. The molecule has 2 aromatic carbocycles. The molecule has 0 fully saturated rings. The summed E-state index contributed by atoms with van der Waals surface area (Å²) in [7, 11) is -3.52. The maximum Gasteiger partial charge on any atom is 0.190 e. The third-order valence-electron chi connectivity index (χ3n) is 3.00. The van der Waals surface area contributed by atoms with E-state index in [1.165, 1.54) is 12.1 Å². The molecule has 0 saturated carbocycles. The maximum absolute atomic E-state index is 12.7. The van der Waals surface area contributed by atoms with E-state index in [0.29, 0.717) is 15.6 Å². The molecule has 3 N–H and O–H groups in total. The van der Waals surface area contributed by atoms with Gasteiger partial charge in [0.1, 0.15) is 5.25 Å². The lowest BCUT2D eigenvalue weighted by Crippen LogP contribution is -2.54. The van der Waals surface area contributed by atoms with Crippen LogP contribution in [0.5, 0.6) is 0 Å². The van der Waals surface area contributed by atoms with Crippen LogP contribution in [-0.4, -0.2) is 15.0 Å². The summed E-state index contributed by atoms with van der Waals surface area (Å²) in [4.78, 5) is 0.232. The first-order chi connectivity index (χ1) is 9.45. The summed E-state index contributed by atoms with van der Waals surface area (Å²) in [6, 6.07) is 13.0. The average Bonchev–Trinajstić information content (AvgIpc) is 2.40. The molecule has 0 aliphatic rings. The van der Waals surface area contributed by atoms with Gasteiger partial charge in [-0.1, -0.05) is 35.3 Å². The van der Waals surface area contributed by atoms with Crippen molar-refractivity contribution in [3.8, 4) is 0 Å². The van der Waals surface area contributed by atoms with Gasteiger partial charge in [0.05, 0.1) is 11.4 Å². The van der Waals surface area contributed by atoms with Crippen molar-refractivity contribution in [2.24, 2.45) is 0 Å². The number of hydrogen-bond donors (Lipinski definition) is 1. The molecule has 2 rings (SSSR count). The quantitative estimate of drug-likeness (QED) is 0.936. The van der Waals surface area contributed by atoms with Gasteiger partial charge in [0.15, 0.2) is 9.84 Å². The van der Waals surface area contributed by atoms with E-state index in [1.807, 2.05) is 0 Å². The summed E-state index contributed by atoms with van der Waals surface area (Å²) in [5.41, 5.74) is 4.39. The van der Waals surface area contributed by atoms with Gasteiger partial charge in [-0.3, -0.25) is 0 Å². The number of sulfone groups is 1. The van der Waals surface area contributed by atoms with Crippen LogP contribution in [0.25, 0.3) is 0 Å². The Kier molecular flexibility index (Phi) is 4.70. The minimum atomic E-state index is -3.52. The molecule has 0 aromatic heterocycles. The Labute approximate surface area is 128 Å². The van der Waals surface area contributed by atoms with Crippen LogP contribution in [0.3, 0.4) is 0 Å². The Morgan fingerprint density at radius 2 is 1.65 bits per heavy atom. The fourth-order valence-corrected chi connectivity index (χ4v) is 3.98. The van der Waals surface area contributed by atoms with Gasteiger partial charge in [-0.25, -0.2) is 8.42 Å². The average molecular weight is 331 g/mol. The molecule has 0 amide bonds. The van der Waals surface area contributed by atoms with Gasteiger partial charge in [-0.15, -0.1) is 0 Å². The van der Waals surface area contributed by atoms with Crippen molar-refractivity contribution in [1.82, 2.24) is 0 Å². The molecule has 1 atom stereocenters. The van der Waals surface area contributed by atoms with Gasteiger partial charge in [0.25, 0.3) is 0 Å². The number of halogens is 2. The largest absolute Gasteiger partial charge is 0.356 e. The monoisotopic (exact) mass is 330 g/mol. The van der Waals surface area contributed by atoms with Crippen molar-refractivity contribution >= 4 is 33.0 Å². The predicted octanol–water partition coefficient (Wildman–Crippen LogP) is 2.75. The highest BCUT2D eigenvalue weighted by molar-refractivity contribution is 7.91. The van der Waals surface area contributed by atoms with Gasteiger partial charge in [0, 0.05) is 10.0 Å². The molecule has 0 saturated heterocycles. The molecule has 0 aliphatic heterocycles. The lowest BCUT2D eigenvalue weighted by atomic mass is 10.1. The van der Waals surface area contributed by atoms with Crippen LogP contribution in [0.1, 0.15) is 10.8 Å². The molecular formula is C14H14Cl2NO2S+. The van der Waals surface area contributed by atoms with Gasteiger partial charge < -0.3 is 5.73 Å². The molecule has 3 nitrogen and oxygen atoms in total. The smallest absolute Gasteiger partial charge is 0.190 e. The van der Waals surface area contributed by atoms with Crippen molar-refractivity contribution in [1.29, 1.82) is 0 Å². The fourth-order valence-electron chi connectivity index (χ4n) is 2.00. The Bertz CT molecular complexity index is 699. The fraction of sp³-hybridized carbons (Fsp3) is 0.143. The van der Waals surface area contributed by atoms with Crippen LogP contribution in [0, 0.1) is 0 Å². The van der Waals surface area contributed by atoms with Crippen LogP contribution in [0.2, 0.25) is 10.0 Å². The second kappa shape index (κ2) is 6.14. The molecule has 6 heteroatoms. The highest BCUT2D eigenvalue weighted by Crippen LogP contribution is 2.29. The summed E-state index contributed by atoms with van der Waals surface area (Å²) in [5.74, 6) is 0. The third-order valence-corrected chi connectivity index (χ3v) is 5.67. The maximum atomic E-state index is 12.7. The molecular weight excluding hydrogens is 317 g/mol. The summed E-state index contributed by atoms with van der Waals surface area (Å²) in [5, 5.41) is 0.285. The topological polar surface area (TPSA) is 61.8 Å². The van der Waals surface area contributed by atoms with E-state index in [9.17, 15) is 8.42 Å². The number of quaternary nitrogens is 1. The molecule has 0 aliphatic carbocycles. The first-order valence-corrected chi connectivity index (χ1v) is 8.29. The standard InChI is InChI=1S/C14H13Cl2NO2S/c15-11-4-6-13(7-5-11)20(18,19)14(9-17)10-2-1-3-12(16)8-10/h1-8,14H,9,17H2/p+1/t14-/m0/s1. The van der Waals surface area contributed by atoms with Crippen molar-refractivity contribution in [2.75, 3.05) is 6.54 Å². The Hall–Kier alpha value is -1.07. The zero-order valence-electron chi connectivity index (χ0n) is 10.6. The van der Waals surface area contributed by atoms with E-state index in [4.69, 9.17) is 23.2 Å². The lowest BCUT2D eigenvalue weighted by Gasteiger charge is -2.15. The Morgan fingerprint density at radius 3 is 2.20 bits per heavy atom. The van der Waals surface area contributed by atoms with E-state index in [2.05, 4.69) is 5.73 Å². The summed E-state index contributed by atoms with van der Waals surface area (Å²) >= 11 is 11.7. The van der Waals surface area contributed by atoms with Crippen LogP contribution in [-0.2, 0) is 9.84 Å². The molecule has 0 spiro atoms. The first kappa shape index (κ1) is 15.3. The zero-order chi connectivity index (χ0) is 14.8. The number of benzene rings is 2. The molecule has 0 heterocycles. The second-order valence-corrected chi connectivity index (χ2v) is 7.33. The molecule has 0 unspecified atom stereocenters. The molecule has 20 heavy (non-hydrogen) atoms. The van der Waals surface area contributed by atoms with Crippen molar-refractivity contribution < 1.29 is 14.2 Å². The predicted molar refractivity (Wildman–Crippen MR) is 80.6 cm³/mol. The van der Waals surface area contributed by atoms with Crippen molar-refractivity contribution in [3.05, 3.63) is 64.1 Å². The highest BCUT2D eigenvalue weighted by atomic mass is 35.5. The van der Waals surface area contributed by atoms with E-state index in [0.717, 1.165) is 0 Å². The molecule has 106 valence electrons. The van der Waals surface area contributed by atoms with Crippen LogP contribution in [0.15, 0.2) is 53.4 Å². The van der Waals surface area contributed by atoms with Crippen molar-refractivity contribution in [3.63, 3.8) is 0 Å². The second-order valence-electron chi connectivity index (χ2n) is 4.33. The van der Waals surface area contributed by atoms with Crippen LogP contribution in [0.4, 0.5) is 0 Å². The molecule has 0 bridgehead atoms. The van der Waals surface area contributed by atoms with E-state index < -0.39 is 15.1 Å². The highest BCUT2D eigenvalue weighted by Gasteiger charge is 2.29.